The maximum absolute atomic E-state index is 12.0. The molecule has 6 heteroatoms. The fourth-order valence-corrected chi connectivity index (χ4v) is 3.69. The van der Waals surface area contributed by atoms with Crippen LogP contribution in [0, 0.1) is 0 Å². The molecule has 2 rings (SSSR count). The zero-order valence-electron chi connectivity index (χ0n) is 18.7. The van der Waals surface area contributed by atoms with Crippen LogP contribution in [0.25, 0.3) is 0 Å². The second-order valence-electron chi connectivity index (χ2n) is 8.01. The van der Waals surface area contributed by atoms with Gasteiger partial charge in [-0.1, -0.05) is 64.4 Å². The molecule has 1 aliphatic heterocycles. The summed E-state index contributed by atoms with van der Waals surface area (Å²) in [5.74, 6) is 0.791. The van der Waals surface area contributed by atoms with Crippen LogP contribution in [0.15, 0.2) is 24.3 Å². The lowest BCUT2D eigenvalue weighted by Crippen LogP contribution is -2.33. The fourth-order valence-electron chi connectivity index (χ4n) is 3.69. The van der Waals surface area contributed by atoms with E-state index in [2.05, 4.69) is 17.1 Å². The Morgan fingerprint density at radius 1 is 0.967 bits per heavy atom. The summed E-state index contributed by atoms with van der Waals surface area (Å²) in [6.07, 6.45) is 13.7. The monoisotopic (exact) mass is 440 g/mol. The average Bonchev–Trinajstić information content (AvgIpc) is 2.73. The first-order valence-electron chi connectivity index (χ1n) is 11.7. The fraction of sp³-hybridized carbons (Fsp3) is 0.708. The highest BCUT2D eigenvalue weighted by Crippen LogP contribution is 2.18. The van der Waals surface area contributed by atoms with Crippen LogP contribution < -0.4 is 10.1 Å². The van der Waals surface area contributed by atoms with E-state index in [0.717, 1.165) is 38.4 Å². The molecule has 0 saturated carbocycles. The number of unbranched alkanes of at least 4 members (excludes halogenated alkanes) is 7. The third-order valence-electron chi connectivity index (χ3n) is 5.44. The number of amides is 1. The topological polar surface area (TPSA) is 50.8 Å². The van der Waals surface area contributed by atoms with Crippen LogP contribution in [0.4, 0.5) is 10.5 Å². The summed E-state index contributed by atoms with van der Waals surface area (Å²) in [6, 6.07) is 7.54. The molecule has 1 aliphatic rings. The van der Waals surface area contributed by atoms with E-state index in [1.165, 1.54) is 64.2 Å². The number of ether oxygens (including phenoxy) is 2. The Morgan fingerprint density at radius 3 is 2.40 bits per heavy atom. The SMILES string of the molecule is CCCCCCCCCCOc1cccc(NC(=O)OCCN2CCCCC2)c1.Cl. The molecule has 0 aromatic heterocycles. The Hall–Kier alpha value is -1.46. The molecule has 0 bridgehead atoms. The van der Waals surface area contributed by atoms with Crippen LogP contribution in [-0.2, 0) is 4.74 Å². The smallest absolute Gasteiger partial charge is 0.411 e. The summed E-state index contributed by atoms with van der Waals surface area (Å²) in [7, 11) is 0. The van der Waals surface area contributed by atoms with Gasteiger partial charge in [-0.2, -0.15) is 0 Å². The second-order valence-corrected chi connectivity index (χ2v) is 8.01. The summed E-state index contributed by atoms with van der Waals surface area (Å²) in [6.45, 7) is 6.45. The molecule has 1 aromatic rings. The average molecular weight is 441 g/mol. The number of carbonyl (C=O) groups is 1. The number of nitrogens with zero attached hydrogens (tertiary/aromatic N) is 1. The Bertz CT molecular complexity index is 565. The highest BCUT2D eigenvalue weighted by atomic mass is 35.5. The van der Waals surface area contributed by atoms with Crippen molar-refractivity contribution in [2.24, 2.45) is 0 Å². The molecule has 1 aromatic carbocycles. The van der Waals surface area contributed by atoms with Gasteiger partial charge in [0.15, 0.2) is 0 Å². The molecule has 0 atom stereocenters. The predicted octanol–water partition coefficient (Wildman–Crippen LogP) is 6.66. The van der Waals surface area contributed by atoms with Gasteiger partial charge >= 0.3 is 6.09 Å². The minimum Gasteiger partial charge on any atom is -0.494 e. The summed E-state index contributed by atoms with van der Waals surface area (Å²) in [5.41, 5.74) is 0.710. The molecule has 30 heavy (non-hydrogen) atoms. The number of benzene rings is 1. The maximum atomic E-state index is 12.0. The van der Waals surface area contributed by atoms with Crippen LogP contribution in [0.2, 0.25) is 0 Å². The van der Waals surface area contributed by atoms with Crippen molar-refractivity contribution >= 4 is 24.2 Å². The van der Waals surface area contributed by atoms with Gasteiger partial charge in [0, 0.05) is 18.3 Å². The van der Waals surface area contributed by atoms with Crippen LogP contribution in [-0.4, -0.2) is 43.8 Å². The number of likely N-dealkylation sites (tertiary alicyclic amines) is 1. The van der Waals surface area contributed by atoms with Crippen molar-refractivity contribution in [2.45, 2.75) is 77.6 Å². The number of hydrogen-bond donors (Lipinski definition) is 1. The van der Waals surface area contributed by atoms with Crippen molar-refractivity contribution in [2.75, 3.05) is 38.2 Å². The van der Waals surface area contributed by atoms with E-state index in [9.17, 15) is 4.79 Å². The lowest BCUT2D eigenvalue weighted by atomic mass is 10.1. The quantitative estimate of drug-likeness (QED) is 0.328. The molecule has 172 valence electrons. The molecular weight excluding hydrogens is 400 g/mol. The van der Waals surface area contributed by atoms with Crippen LogP contribution >= 0.6 is 12.4 Å². The molecule has 0 unspecified atom stereocenters. The number of carbonyl (C=O) groups excluding carboxylic acids is 1. The van der Waals surface area contributed by atoms with Crippen molar-refractivity contribution in [1.82, 2.24) is 4.90 Å². The standard InChI is InChI=1S/C24H40N2O3.ClH/c1-2-3-4-5-6-7-8-12-19-28-23-15-13-14-22(21-23)25-24(27)29-20-18-26-16-10-9-11-17-26;/h13-15,21H,2-12,16-20H2,1H3,(H,25,27);1H. The minimum atomic E-state index is -0.401. The first-order valence-corrected chi connectivity index (χ1v) is 11.7. The van der Waals surface area contributed by atoms with Crippen LogP contribution in [0.1, 0.15) is 77.6 Å². The van der Waals surface area contributed by atoms with Gasteiger partial charge in [-0.25, -0.2) is 4.79 Å². The number of piperidine rings is 1. The zero-order chi connectivity index (χ0) is 20.6. The first-order chi connectivity index (χ1) is 14.3. The Kier molecular flexibility index (Phi) is 15.3. The third kappa shape index (κ3) is 12.3. The van der Waals surface area contributed by atoms with E-state index < -0.39 is 6.09 Å². The number of rotatable bonds is 14. The summed E-state index contributed by atoms with van der Waals surface area (Å²) in [4.78, 5) is 14.4. The van der Waals surface area contributed by atoms with Crippen LogP contribution in [0.3, 0.4) is 0 Å². The van der Waals surface area contributed by atoms with Gasteiger partial charge in [0.2, 0.25) is 0 Å². The van der Waals surface area contributed by atoms with Gasteiger partial charge in [-0.15, -0.1) is 12.4 Å². The number of hydrogen-bond acceptors (Lipinski definition) is 4. The number of nitrogens with one attached hydrogen (secondary N) is 1. The van der Waals surface area contributed by atoms with Gasteiger partial charge in [-0.05, 0) is 44.5 Å². The van der Waals surface area contributed by atoms with Gasteiger partial charge in [-0.3, -0.25) is 10.2 Å². The Labute approximate surface area is 189 Å². The zero-order valence-corrected chi connectivity index (χ0v) is 19.5. The van der Waals surface area contributed by atoms with E-state index in [1.54, 1.807) is 0 Å². The van der Waals surface area contributed by atoms with Crippen LogP contribution in [0.5, 0.6) is 5.75 Å². The highest BCUT2D eigenvalue weighted by molar-refractivity contribution is 5.85. The van der Waals surface area contributed by atoms with E-state index >= 15 is 0 Å². The van der Waals surface area contributed by atoms with Crippen molar-refractivity contribution in [3.8, 4) is 5.75 Å². The molecule has 1 fully saturated rings. The molecule has 0 radical (unpaired) electrons. The Morgan fingerprint density at radius 2 is 1.67 bits per heavy atom. The van der Waals surface area contributed by atoms with E-state index in [-0.39, 0.29) is 12.4 Å². The van der Waals surface area contributed by atoms with Gasteiger partial charge in [0.25, 0.3) is 0 Å². The predicted molar refractivity (Wildman–Crippen MR) is 127 cm³/mol. The van der Waals surface area contributed by atoms with Gasteiger partial charge in [0.05, 0.1) is 6.61 Å². The van der Waals surface area contributed by atoms with E-state index in [0.29, 0.717) is 12.3 Å². The van der Waals surface area contributed by atoms with E-state index in [4.69, 9.17) is 9.47 Å². The molecule has 0 spiro atoms. The van der Waals surface area contributed by atoms with Crippen molar-refractivity contribution in [1.29, 1.82) is 0 Å². The van der Waals surface area contributed by atoms with Crippen molar-refractivity contribution in [3.05, 3.63) is 24.3 Å². The summed E-state index contributed by atoms with van der Waals surface area (Å²) >= 11 is 0. The van der Waals surface area contributed by atoms with Crippen molar-refractivity contribution < 1.29 is 14.3 Å². The summed E-state index contributed by atoms with van der Waals surface area (Å²) < 4.78 is 11.2. The number of anilines is 1. The van der Waals surface area contributed by atoms with Gasteiger partial charge < -0.3 is 9.47 Å². The molecule has 5 nitrogen and oxygen atoms in total. The molecular formula is C24H41ClN2O3. The molecule has 0 aliphatic carbocycles. The molecule has 1 heterocycles. The summed E-state index contributed by atoms with van der Waals surface area (Å²) in [5, 5.41) is 2.80. The number of halogens is 1. The van der Waals surface area contributed by atoms with E-state index in [1.807, 2.05) is 24.3 Å². The normalized spacial score (nSPS) is 14.0. The molecule has 1 saturated heterocycles. The lowest BCUT2D eigenvalue weighted by Gasteiger charge is -2.25. The van der Waals surface area contributed by atoms with Crippen molar-refractivity contribution in [3.63, 3.8) is 0 Å². The highest BCUT2D eigenvalue weighted by Gasteiger charge is 2.11. The first kappa shape index (κ1) is 26.6. The second kappa shape index (κ2) is 17.2. The lowest BCUT2D eigenvalue weighted by molar-refractivity contribution is 0.131. The maximum Gasteiger partial charge on any atom is 0.411 e. The third-order valence-corrected chi connectivity index (χ3v) is 5.44. The molecule has 1 N–H and O–H groups in total. The van der Waals surface area contributed by atoms with Gasteiger partial charge in [0.1, 0.15) is 12.4 Å². The minimum absolute atomic E-state index is 0. The largest absolute Gasteiger partial charge is 0.494 e. The molecule has 1 amide bonds. The Balaban J connectivity index is 0.00000450.